The van der Waals surface area contributed by atoms with Crippen molar-refractivity contribution >= 4 is 32.1 Å². The van der Waals surface area contributed by atoms with Crippen LogP contribution in [0.5, 0.6) is 0 Å². The molecular weight excluding hydrogens is 296 g/mol. The number of hydrogen-bond acceptors (Lipinski definition) is 5. The van der Waals surface area contributed by atoms with Gasteiger partial charge in [-0.15, -0.1) is 11.3 Å². The molecule has 0 atom stereocenters. The molecule has 2 aromatic rings. The Morgan fingerprint density at radius 3 is 2.90 bits per heavy atom. The van der Waals surface area contributed by atoms with Crippen LogP contribution in [0.3, 0.4) is 0 Å². The van der Waals surface area contributed by atoms with E-state index in [-0.39, 0.29) is 11.1 Å². The van der Waals surface area contributed by atoms with Gasteiger partial charge in [-0.3, -0.25) is 4.40 Å². The van der Waals surface area contributed by atoms with E-state index >= 15 is 0 Å². The van der Waals surface area contributed by atoms with Crippen molar-refractivity contribution in [1.29, 1.82) is 0 Å². The second kappa shape index (κ2) is 5.01. The Bertz CT molecular complexity index is 715. The van der Waals surface area contributed by atoms with Gasteiger partial charge in [-0.1, -0.05) is 6.42 Å². The van der Waals surface area contributed by atoms with E-state index in [0.717, 1.165) is 19.3 Å². The molecule has 1 aliphatic rings. The number of sulfonamides is 1. The van der Waals surface area contributed by atoms with Crippen molar-refractivity contribution in [2.75, 3.05) is 18.9 Å². The minimum absolute atomic E-state index is 0.124. The molecule has 0 spiro atoms. The minimum atomic E-state index is -3.53. The summed E-state index contributed by atoms with van der Waals surface area (Å²) in [4.78, 5) is 5.07. The molecule has 2 aromatic heterocycles. The van der Waals surface area contributed by atoms with Crippen LogP contribution >= 0.6 is 11.3 Å². The molecule has 110 valence electrons. The predicted octanol–water partition coefficient (Wildman–Crippen LogP) is 2.00. The molecule has 0 aliphatic heterocycles. The van der Waals surface area contributed by atoms with Crippen LogP contribution in [0.1, 0.15) is 26.2 Å². The summed E-state index contributed by atoms with van der Waals surface area (Å²) in [6.45, 7) is 2.57. The molecule has 8 heteroatoms. The highest BCUT2D eigenvalue weighted by atomic mass is 32.2. The van der Waals surface area contributed by atoms with Crippen LogP contribution < -0.4 is 5.32 Å². The maximum atomic E-state index is 12.9. The lowest BCUT2D eigenvalue weighted by Crippen LogP contribution is -2.41. The molecule has 0 bridgehead atoms. The van der Waals surface area contributed by atoms with E-state index in [2.05, 4.69) is 10.3 Å². The Kier molecular flexibility index (Phi) is 3.47. The lowest BCUT2D eigenvalue weighted by Gasteiger charge is -2.33. The van der Waals surface area contributed by atoms with Crippen LogP contribution in [0.2, 0.25) is 0 Å². The van der Waals surface area contributed by atoms with Crippen LogP contribution in [0, 0.1) is 0 Å². The SMILES string of the molecule is CCNc1nc2sccn2c1S(=O)(=O)N(C)C1CCC1. The van der Waals surface area contributed by atoms with Crippen molar-refractivity contribution in [1.82, 2.24) is 13.7 Å². The molecule has 1 fully saturated rings. The molecule has 20 heavy (non-hydrogen) atoms. The zero-order chi connectivity index (χ0) is 14.3. The quantitative estimate of drug-likeness (QED) is 0.916. The van der Waals surface area contributed by atoms with Crippen molar-refractivity contribution in [3.05, 3.63) is 11.6 Å². The number of fused-ring (bicyclic) bond motifs is 1. The lowest BCUT2D eigenvalue weighted by molar-refractivity contribution is 0.249. The van der Waals surface area contributed by atoms with Crippen molar-refractivity contribution in [3.8, 4) is 0 Å². The van der Waals surface area contributed by atoms with E-state index < -0.39 is 10.0 Å². The van der Waals surface area contributed by atoms with Crippen LogP contribution in [-0.4, -0.2) is 41.7 Å². The second-order valence-electron chi connectivity index (χ2n) is 4.96. The fraction of sp³-hybridized carbons (Fsp3) is 0.583. The first-order valence-corrected chi connectivity index (χ1v) is 9.05. The highest BCUT2D eigenvalue weighted by Crippen LogP contribution is 2.32. The van der Waals surface area contributed by atoms with Crippen molar-refractivity contribution < 1.29 is 8.42 Å². The van der Waals surface area contributed by atoms with Crippen molar-refractivity contribution in [3.63, 3.8) is 0 Å². The molecule has 1 saturated carbocycles. The highest BCUT2D eigenvalue weighted by molar-refractivity contribution is 7.89. The normalized spacial score (nSPS) is 16.8. The average Bonchev–Trinajstić information content (AvgIpc) is 2.86. The van der Waals surface area contributed by atoms with Crippen molar-refractivity contribution in [2.45, 2.75) is 37.3 Å². The molecule has 1 aliphatic carbocycles. The van der Waals surface area contributed by atoms with Crippen molar-refractivity contribution in [2.24, 2.45) is 0 Å². The smallest absolute Gasteiger partial charge is 0.262 e. The first-order valence-electron chi connectivity index (χ1n) is 6.73. The Labute approximate surface area is 122 Å². The monoisotopic (exact) mass is 314 g/mol. The Morgan fingerprint density at radius 1 is 1.55 bits per heavy atom. The molecule has 3 rings (SSSR count). The molecule has 0 radical (unpaired) electrons. The van der Waals surface area contributed by atoms with Gasteiger partial charge in [-0.2, -0.15) is 4.31 Å². The van der Waals surface area contributed by atoms with E-state index in [0.29, 0.717) is 17.3 Å². The first-order chi connectivity index (χ1) is 9.55. The molecule has 0 amide bonds. The lowest BCUT2D eigenvalue weighted by atomic mass is 9.94. The zero-order valence-corrected chi connectivity index (χ0v) is 13.2. The third kappa shape index (κ3) is 2.02. The Balaban J connectivity index is 2.10. The van der Waals surface area contributed by atoms with E-state index in [4.69, 9.17) is 0 Å². The number of nitrogens with one attached hydrogen (secondary N) is 1. The molecule has 0 unspecified atom stereocenters. The third-order valence-corrected chi connectivity index (χ3v) is 6.47. The zero-order valence-electron chi connectivity index (χ0n) is 11.5. The summed E-state index contributed by atoms with van der Waals surface area (Å²) < 4.78 is 28.9. The van der Waals surface area contributed by atoms with Gasteiger partial charge in [-0.25, -0.2) is 13.4 Å². The number of thiazole rings is 1. The van der Waals surface area contributed by atoms with Gasteiger partial charge < -0.3 is 5.32 Å². The summed E-state index contributed by atoms with van der Waals surface area (Å²) in [6, 6.07) is 0.124. The van der Waals surface area contributed by atoms with Gasteiger partial charge >= 0.3 is 0 Å². The summed E-state index contributed by atoms with van der Waals surface area (Å²) in [5, 5.41) is 5.16. The topological polar surface area (TPSA) is 66.7 Å². The summed E-state index contributed by atoms with van der Waals surface area (Å²) in [7, 11) is -1.86. The van der Waals surface area contributed by atoms with E-state index in [1.165, 1.54) is 15.6 Å². The number of hydrogen-bond donors (Lipinski definition) is 1. The van der Waals surface area contributed by atoms with Gasteiger partial charge in [0.15, 0.2) is 15.8 Å². The number of anilines is 1. The summed E-state index contributed by atoms with van der Waals surface area (Å²) in [5.41, 5.74) is 0. The number of rotatable bonds is 5. The second-order valence-corrected chi connectivity index (χ2v) is 7.74. The van der Waals surface area contributed by atoms with Gasteiger partial charge in [-0.05, 0) is 19.8 Å². The number of aromatic nitrogens is 2. The third-order valence-electron chi connectivity index (χ3n) is 3.77. The number of imidazole rings is 1. The van der Waals surface area contributed by atoms with Gasteiger partial charge in [0.2, 0.25) is 0 Å². The van der Waals surface area contributed by atoms with Gasteiger partial charge in [0.25, 0.3) is 10.0 Å². The standard InChI is InChI=1S/C12H18N4O2S2/c1-3-13-10-11(16-7-8-19-12(16)14-10)20(17,18)15(2)9-5-4-6-9/h7-9,13H,3-6H2,1-2H3. The molecule has 6 nitrogen and oxygen atoms in total. The van der Waals surface area contributed by atoms with Gasteiger partial charge in [0.1, 0.15) is 0 Å². The maximum Gasteiger partial charge on any atom is 0.262 e. The average molecular weight is 314 g/mol. The fourth-order valence-electron chi connectivity index (χ4n) is 2.38. The van der Waals surface area contributed by atoms with Crippen LogP contribution in [0.15, 0.2) is 16.6 Å². The Hall–Kier alpha value is -1.12. The van der Waals surface area contributed by atoms with E-state index in [1.54, 1.807) is 17.6 Å². The summed E-state index contributed by atoms with van der Waals surface area (Å²) >= 11 is 1.43. The van der Waals surface area contributed by atoms with E-state index in [1.807, 2.05) is 12.3 Å². The Morgan fingerprint density at radius 2 is 2.30 bits per heavy atom. The van der Waals surface area contributed by atoms with Gasteiger partial charge in [0, 0.05) is 31.2 Å². The first kappa shape index (κ1) is 13.8. The molecule has 0 aromatic carbocycles. The predicted molar refractivity (Wildman–Crippen MR) is 79.8 cm³/mol. The minimum Gasteiger partial charge on any atom is -0.368 e. The van der Waals surface area contributed by atoms with Crippen LogP contribution in [0.4, 0.5) is 5.82 Å². The summed E-state index contributed by atoms with van der Waals surface area (Å²) in [6.07, 6.45) is 4.75. The van der Waals surface area contributed by atoms with Crippen LogP contribution in [-0.2, 0) is 10.0 Å². The molecule has 1 N–H and O–H groups in total. The largest absolute Gasteiger partial charge is 0.368 e. The summed E-state index contributed by atoms with van der Waals surface area (Å²) in [5.74, 6) is 0.450. The molecule has 0 saturated heterocycles. The molecule has 2 heterocycles. The van der Waals surface area contributed by atoms with E-state index in [9.17, 15) is 8.42 Å². The number of nitrogens with zero attached hydrogens (tertiary/aromatic N) is 3. The highest BCUT2D eigenvalue weighted by Gasteiger charge is 2.36. The fourth-order valence-corrected chi connectivity index (χ4v) is 4.78. The van der Waals surface area contributed by atoms with Gasteiger partial charge in [0.05, 0.1) is 0 Å². The van der Waals surface area contributed by atoms with Crippen LogP contribution in [0.25, 0.3) is 4.96 Å². The molecular formula is C12H18N4O2S2. The maximum absolute atomic E-state index is 12.9.